The van der Waals surface area contributed by atoms with E-state index >= 15 is 0 Å². The minimum atomic E-state index is -4.47. The van der Waals surface area contributed by atoms with Crippen LogP contribution in [0.3, 0.4) is 0 Å². The average molecular weight is 318 g/mol. The number of H-pyrrole nitrogens is 1. The third-order valence-electron chi connectivity index (χ3n) is 3.95. The van der Waals surface area contributed by atoms with E-state index in [1.165, 1.54) is 0 Å². The highest BCUT2D eigenvalue weighted by atomic mass is 19.4. The summed E-state index contributed by atoms with van der Waals surface area (Å²) in [5.74, 6) is -0.533. The summed E-state index contributed by atoms with van der Waals surface area (Å²) in [7, 11) is 0. The number of nitrogens with one attached hydrogen (secondary N) is 2. The molecule has 2 atom stereocenters. The summed E-state index contributed by atoms with van der Waals surface area (Å²) in [6.07, 6.45) is -2.58. The SMILES string of the molecule is CC(C)[C@@H]1CN(Cc2cnc[nH]2)C[C@H]1NC(=O)CC(F)(F)F. The minimum absolute atomic E-state index is 0.139. The van der Waals surface area contributed by atoms with Crippen LogP contribution in [0.2, 0.25) is 0 Å². The number of amides is 1. The number of imidazole rings is 1. The van der Waals surface area contributed by atoms with Crippen LogP contribution in [0.4, 0.5) is 13.2 Å². The highest BCUT2D eigenvalue weighted by Gasteiger charge is 2.38. The Balaban J connectivity index is 1.95. The molecule has 1 aliphatic rings. The van der Waals surface area contributed by atoms with Crippen molar-refractivity contribution in [2.24, 2.45) is 11.8 Å². The summed E-state index contributed by atoms with van der Waals surface area (Å²) in [5.41, 5.74) is 0.949. The van der Waals surface area contributed by atoms with Crippen molar-refractivity contribution in [1.82, 2.24) is 20.2 Å². The molecule has 22 heavy (non-hydrogen) atoms. The number of aromatic nitrogens is 2. The Bertz CT molecular complexity index is 487. The van der Waals surface area contributed by atoms with Gasteiger partial charge >= 0.3 is 6.18 Å². The van der Waals surface area contributed by atoms with Crippen LogP contribution in [0.1, 0.15) is 26.0 Å². The lowest BCUT2D eigenvalue weighted by Crippen LogP contribution is -2.43. The molecule has 0 unspecified atom stereocenters. The van der Waals surface area contributed by atoms with Crippen LogP contribution < -0.4 is 5.32 Å². The van der Waals surface area contributed by atoms with Crippen LogP contribution in [0.25, 0.3) is 0 Å². The number of nitrogens with zero attached hydrogens (tertiary/aromatic N) is 2. The molecule has 1 aromatic rings. The molecule has 124 valence electrons. The third-order valence-corrected chi connectivity index (χ3v) is 3.95. The molecular weight excluding hydrogens is 297 g/mol. The predicted molar refractivity (Wildman–Crippen MR) is 74.8 cm³/mol. The van der Waals surface area contributed by atoms with Crippen molar-refractivity contribution in [3.05, 3.63) is 18.2 Å². The number of alkyl halides is 3. The second-order valence-electron chi connectivity index (χ2n) is 6.14. The van der Waals surface area contributed by atoms with E-state index in [-0.39, 0.29) is 17.9 Å². The Morgan fingerprint density at radius 3 is 2.77 bits per heavy atom. The molecule has 8 heteroatoms. The maximum atomic E-state index is 12.3. The fourth-order valence-electron chi connectivity index (χ4n) is 2.92. The smallest absolute Gasteiger partial charge is 0.351 e. The first-order valence-electron chi connectivity index (χ1n) is 7.30. The Labute approximate surface area is 127 Å². The standard InChI is InChI=1S/C14H21F3N4O/c1-9(2)11-6-21(5-10-4-18-8-19-10)7-12(11)20-13(22)3-14(15,16)17/h4,8-9,11-12H,3,5-7H2,1-2H3,(H,18,19)(H,20,22)/t11-,12+/m0/s1. The average Bonchev–Trinajstić information content (AvgIpc) is 2.97. The van der Waals surface area contributed by atoms with Gasteiger partial charge in [-0.2, -0.15) is 13.2 Å². The van der Waals surface area contributed by atoms with Crippen molar-refractivity contribution >= 4 is 5.91 Å². The van der Waals surface area contributed by atoms with Gasteiger partial charge in [-0.3, -0.25) is 9.69 Å². The second-order valence-corrected chi connectivity index (χ2v) is 6.14. The van der Waals surface area contributed by atoms with Crippen LogP contribution in [0.5, 0.6) is 0 Å². The molecule has 0 saturated carbocycles. The number of rotatable bonds is 5. The summed E-state index contributed by atoms with van der Waals surface area (Å²) < 4.78 is 36.8. The van der Waals surface area contributed by atoms with Crippen molar-refractivity contribution in [2.75, 3.05) is 13.1 Å². The van der Waals surface area contributed by atoms with Gasteiger partial charge in [-0.15, -0.1) is 0 Å². The number of hydrogen-bond donors (Lipinski definition) is 2. The summed E-state index contributed by atoms with van der Waals surface area (Å²) in [6.45, 7) is 5.98. The van der Waals surface area contributed by atoms with Gasteiger partial charge in [0.15, 0.2) is 0 Å². The molecule has 1 aliphatic heterocycles. The maximum Gasteiger partial charge on any atom is 0.397 e. The quantitative estimate of drug-likeness (QED) is 0.872. The zero-order chi connectivity index (χ0) is 16.3. The molecule has 1 fully saturated rings. The second kappa shape index (κ2) is 6.68. The maximum absolute atomic E-state index is 12.3. The molecule has 1 saturated heterocycles. The summed E-state index contributed by atoms with van der Waals surface area (Å²) >= 11 is 0. The van der Waals surface area contributed by atoms with Gasteiger partial charge in [0.1, 0.15) is 6.42 Å². The van der Waals surface area contributed by atoms with Gasteiger partial charge in [0.25, 0.3) is 0 Å². The molecule has 0 radical (unpaired) electrons. The number of halogens is 3. The lowest BCUT2D eigenvalue weighted by molar-refractivity contribution is -0.154. The highest BCUT2D eigenvalue weighted by molar-refractivity contribution is 5.77. The van der Waals surface area contributed by atoms with Gasteiger partial charge in [0.05, 0.1) is 6.33 Å². The van der Waals surface area contributed by atoms with Gasteiger partial charge < -0.3 is 10.3 Å². The van der Waals surface area contributed by atoms with E-state index in [1.807, 2.05) is 13.8 Å². The van der Waals surface area contributed by atoms with Crippen molar-refractivity contribution < 1.29 is 18.0 Å². The zero-order valence-electron chi connectivity index (χ0n) is 12.7. The van der Waals surface area contributed by atoms with Crippen molar-refractivity contribution in [1.29, 1.82) is 0 Å². The Hall–Kier alpha value is -1.57. The number of carbonyl (C=O) groups excluding carboxylic acids is 1. The lowest BCUT2D eigenvalue weighted by atomic mass is 9.91. The number of carbonyl (C=O) groups is 1. The fourth-order valence-corrected chi connectivity index (χ4v) is 2.92. The Morgan fingerprint density at radius 1 is 1.50 bits per heavy atom. The van der Waals surface area contributed by atoms with Crippen LogP contribution >= 0.6 is 0 Å². The highest BCUT2D eigenvalue weighted by Crippen LogP contribution is 2.26. The van der Waals surface area contributed by atoms with E-state index in [0.29, 0.717) is 13.1 Å². The van der Waals surface area contributed by atoms with Crippen molar-refractivity contribution in [3.8, 4) is 0 Å². The van der Waals surface area contributed by atoms with E-state index in [0.717, 1.165) is 12.2 Å². The van der Waals surface area contributed by atoms with Crippen LogP contribution in [0.15, 0.2) is 12.5 Å². The first kappa shape index (κ1) is 16.8. The third kappa shape index (κ3) is 4.72. The monoisotopic (exact) mass is 318 g/mol. The summed E-state index contributed by atoms with van der Waals surface area (Å²) in [6, 6.07) is -0.252. The predicted octanol–water partition coefficient (Wildman–Crippen LogP) is 1.93. The fraction of sp³-hybridized carbons (Fsp3) is 0.714. The zero-order valence-corrected chi connectivity index (χ0v) is 12.7. The topological polar surface area (TPSA) is 61.0 Å². The van der Waals surface area contributed by atoms with E-state index in [1.54, 1.807) is 12.5 Å². The molecular formula is C14H21F3N4O. The molecule has 0 aromatic carbocycles. The molecule has 5 nitrogen and oxygen atoms in total. The summed E-state index contributed by atoms with van der Waals surface area (Å²) in [5, 5.41) is 2.55. The van der Waals surface area contributed by atoms with Gasteiger partial charge in [-0.05, 0) is 11.8 Å². The molecule has 0 bridgehead atoms. The molecule has 2 N–H and O–H groups in total. The van der Waals surface area contributed by atoms with Crippen molar-refractivity contribution in [2.45, 2.75) is 39.0 Å². The molecule has 2 rings (SSSR count). The lowest BCUT2D eigenvalue weighted by Gasteiger charge is -2.23. The molecule has 0 aliphatic carbocycles. The van der Waals surface area contributed by atoms with Crippen LogP contribution in [-0.4, -0.2) is 46.1 Å². The Kier molecular flexibility index (Phi) is 5.10. The number of likely N-dealkylation sites (tertiary alicyclic amines) is 1. The van der Waals surface area contributed by atoms with Gasteiger partial charge in [0, 0.05) is 37.6 Å². The minimum Gasteiger partial charge on any atom is -0.351 e. The van der Waals surface area contributed by atoms with E-state index in [2.05, 4.69) is 20.2 Å². The molecule has 1 amide bonds. The largest absolute Gasteiger partial charge is 0.397 e. The first-order valence-corrected chi connectivity index (χ1v) is 7.30. The van der Waals surface area contributed by atoms with Gasteiger partial charge in [-0.1, -0.05) is 13.8 Å². The van der Waals surface area contributed by atoms with Gasteiger partial charge in [-0.25, -0.2) is 4.98 Å². The molecule has 0 spiro atoms. The van der Waals surface area contributed by atoms with E-state index in [9.17, 15) is 18.0 Å². The van der Waals surface area contributed by atoms with Gasteiger partial charge in [0.2, 0.25) is 5.91 Å². The van der Waals surface area contributed by atoms with Crippen LogP contribution in [0, 0.1) is 11.8 Å². The molecule has 2 heterocycles. The summed E-state index contributed by atoms with van der Waals surface area (Å²) in [4.78, 5) is 20.6. The Morgan fingerprint density at radius 2 is 2.23 bits per heavy atom. The van der Waals surface area contributed by atoms with E-state index < -0.39 is 18.5 Å². The molecule has 1 aromatic heterocycles. The number of hydrogen-bond acceptors (Lipinski definition) is 3. The normalized spacial score (nSPS) is 23.2. The number of aromatic amines is 1. The van der Waals surface area contributed by atoms with Crippen molar-refractivity contribution in [3.63, 3.8) is 0 Å². The van der Waals surface area contributed by atoms with E-state index in [4.69, 9.17) is 0 Å². The first-order chi connectivity index (χ1) is 10.2. The van der Waals surface area contributed by atoms with Crippen LogP contribution in [-0.2, 0) is 11.3 Å².